The van der Waals surface area contributed by atoms with Crippen LogP contribution in [0.4, 0.5) is 5.69 Å². The number of imidazole rings is 1. The lowest BCUT2D eigenvalue weighted by molar-refractivity contribution is -0.118. The molecule has 0 aliphatic carbocycles. The maximum atomic E-state index is 11.4. The summed E-state index contributed by atoms with van der Waals surface area (Å²) in [6, 6.07) is 9.78. The van der Waals surface area contributed by atoms with Crippen molar-refractivity contribution in [2.24, 2.45) is 0 Å². The van der Waals surface area contributed by atoms with Crippen molar-refractivity contribution in [2.75, 3.05) is 11.9 Å². The standard InChI is InChI=1S/C16H13N3O2.ClH/c1-10-4-5-19-8-13(17-15(19)6-10)11-2-3-14-12(7-11)18-16(20)9-21-14;/h2-8H,9H2,1H3,(H,18,20);1H. The molecule has 22 heavy (non-hydrogen) atoms. The maximum Gasteiger partial charge on any atom is 0.262 e. The molecule has 6 heteroatoms. The van der Waals surface area contributed by atoms with E-state index in [1.54, 1.807) is 0 Å². The second-order valence-electron chi connectivity index (χ2n) is 5.14. The summed E-state index contributed by atoms with van der Waals surface area (Å²) in [4.78, 5) is 16.0. The molecule has 0 radical (unpaired) electrons. The molecule has 3 aromatic rings. The van der Waals surface area contributed by atoms with Crippen LogP contribution in [-0.2, 0) is 4.79 Å². The van der Waals surface area contributed by atoms with Gasteiger partial charge in [-0.05, 0) is 42.8 Å². The number of ether oxygens (including phenoxy) is 1. The van der Waals surface area contributed by atoms with Gasteiger partial charge in [-0.2, -0.15) is 0 Å². The van der Waals surface area contributed by atoms with Gasteiger partial charge in [0.1, 0.15) is 11.4 Å². The van der Waals surface area contributed by atoms with Gasteiger partial charge < -0.3 is 14.5 Å². The predicted molar refractivity (Wildman–Crippen MR) is 86.7 cm³/mol. The number of halogens is 1. The Morgan fingerprint density at radius 3 is 3.00 bits per heavy atom. The number of carbonyl (C=O) groups excluding carboxylic acids is 1. The van der Waals surface area contributed by atoms with Crippen LogP contribution in [0.25, 0.3) is 16.9 Å². The van der Waals surface area contributed by atoms with E-state index < -0.39 is 0 Å². The average molecular weight is 316 g/mol. The molecule has 112 valence electrons. The molecule has 0 unspecified atom stereocenters. The Morgan fingerprint density at radius 1 is 1.27 bits per heavy atom. The maximum absolute atomic E-state index is 11.4. The summed E-state index contributed by atoms with van der Waals surface area (Å²) in [6.07, 6.45) is 3.96. The van der Waals surface area contributed by atoms with Gasteiger partial charge in [-0.3, -0.25) is 4.79 Å². The number of nitrogens with zero attached hydrogens (tertiary/aromatic N) is 2. The molecule has 1 aromatic carbocycles. The topological polar surface area (TPSA) is 55.6 Å². The summed E-state index contributed by atoms with van der Waals surface area (Å²) in [5.41, 5.74) is 4.58. The van der Waals surface area contributed by atoms with Crippen molar-refractivity contribution in [3.05, 3.63) is 48.3 Å². The molecule has 0 saturated heterocycles. The van der Waals surface area contributed by atoms with E-state index in [0.717, 1.165) is 16.9 Å². The number of hydrogen-bond acceptors (Lipinski definition) is 3. The number of anilines is 1. The van der Waals surface area contributed by atoms with Gasteiger partial charge in [-0.25, -0.2) is 4.98 Å². The molecular weight excluding hydrogens is 302 g/mol. The highest BCUT2D eigenvalue weighted by Crippen LogP contribution is 2.32. The zero-order chi connectivity index (χ0) is 14.4. The number of aryl methyl sites for hydroxylation is 1. The number of benzene rings is 1. The largest absolute Gasteiger partial charge is 0.482 e. The van der Waals surface area contributed by atoms with Crippen LogP contribution in [0.15, 0.2) is 42.7 Å². The van der Waals surface area contributed by atoms with Crippen LogP contribution >= 0.6 is 12.4 Å². The highest BCUT2D eigenvalue weighted by molar-refractivity contribution is 5.96. The number of amides is 1. The van der Waals surface area contributed by atoms with Crippen LogP contribution in [0.5, 0.6) is 5.75 Å². The highest BCUT2D eigenvalue weighted by Gasteiger charge is 2.17. The molecule has 4 rings (SSSR count). The fourth-order valence-corrected chi connectivity index (χ4v) is 2.47. The number of aromatic nitrogens is 2. The number of nitrogens with one attached hydrogen (secondary N) is 1. The Hall–Kier alpha value is -2.53. The van der Waals surface area contributed by atoms with Gasteiger partial charge in [0.2, 0.25) is 0 Å². The van der Waals surface area contributed by atoms with Crippen LogP contribution < -0.4 is 10.1 Å². The number of pyridine rings is 1. The van der Waals surface area contributed by atoms with E-state index in [2.05, 4.69) is 10.3 Å². The molecule has 1 aliphatic rings. The Bertz CT molecular complexity index is 873. The van der Waals surface area contributed by atoms with Gasteiger partial charge in [0.25, 0.3) is 5.91 Å². The second-order valence-corrected chi connectivity index (χ2v) is 5.14. The summed E-state index contributed by atoms with van der Waals surface area (Å²) < 4.78 is 7.35. The van der Waals surface area contributed by atoms with Crippen LogP contribution in [0.3, 0.4) is 0 Å². The van der Waals surface area contributed by atoms with Crippen molar-refractivity contribution >= 4 is 29.6 Å². The fraction of sp³-hybridized carbons (Fsp3) is 0.125. The van der Waals surface area contributed by atoms with Gasteiger partial charge in [0.15, 0.2) is 6.61 Å². The first kappa shape index (κ1) is 14.4. The quantitative estimate of drug-likeness (QED) is 0.751. The number of hydrogen-bond donors (Lipinski definition) is 1. The molecule has 0 spiro atoms. The molecule has 0 saturated carbocycles. The minimum Gasteiger partial charge on any atom is -0.482 e. The molecule has 1 aliphatic heterocycles. The lowest BCUT2D eigenvalue weighted by Crippen LogP contribution is -2.25. The fourth-order valence-electron chi connectivity index (χ4n) is 2.47. The first-order valence-electron chi connectivity index (χ1n) is 6.71. The third-order valence-corrected chi connectivity index (χ3v) is 3.52. The molecule has 1 N–H and O–H groups in total. The van der Waals surface area contributed by atoms with Crippen molar-refractivity contribution < 1.29 is 9.53 Å². The minimum absolute atomic E-state index is 0. The summed E-state index contributed by atoms with van der Waals surface area (Å²) in [5, 5.41) is 2.81. The third-order valence-electron chi connectivity index (χ3n) is 3.52. The van der Waals surface area contributed by atoms with Crippen molar-refractivity contribution in [1.82, 2.24) is 9.38 Å². The lowest BCUT2D eigenvalue weighted by Gasteiger charge is -2.18. The highest BCUT2D eigenvalue weighted by atomic mass is 35.5. The Morgan fingerprint density at radius 2 is 2.14 bits per heavy atom. The van der Waals surface area contributed by atoms with Crippen LogP contribution in [-0.4, -0.2) is 21.9 Å². The average Bonchev–Trinajstić information content (AvgIpc) is 2.89. The van der Waals surface area contributed by atoms with E-state index in [0.29, 0.717) is 11.4 Å². The summed E-state index contributed by atoms with van der Waals surface area (Å²) in [5.74, 6) is 0.559. The van der Waals surface area contributed by atoms with E-state index in [1.807, 2.05) is 54.0 Å². The first-order valence-corrected chi connectivity index (χ1v) is 6.71. The molecule has 2 aromatic heterocycles. The zero-order valence-electron chi connectivity index (χ0n) is 11.9. The Balaban J connectivity index is 0.00000144. The molecule has 5 nitrogen and oxygen atoms in total. The van der Waals surface area contributed by atoms with Crippen molar-refractivity contribution in [3.63, 3.8) is 0 Å². The van der Waals surface area contributed by atoms with Crippen molar-refractivity contribution in [2.45, 2.75) is 6.92 Å². The van der Waals surface area contributed by atoms with Crippen LogP contribution in [0.1, 0.15) is 5.56 Å². The van der Waals surface area contributed by atoms with Gasteiger partial charge in [-0.15, -0.1) is 12.4 Å². The molecule has 0 fully saturated rings. The first-order chi connectivity index (χ1) is 10.2. The van der Waals surface area contributed by atoms with Crippen molar-refractivity contribution in [1.29, 1.82) is 0 Å². The van der Waals surface area contributed by atoms with E-state index in [4.69, 9.17) is 4.74 Å². The molecule has 0 atom stereocenters. The summed E-state index contributed by atoms with van der Waals surface area (Å²) in [6.45, 7) is 2.11. The third kappa shape index (κ3) is 2.40. The monoisotopic (exact) mass is 315 g/mol. The summed E-state index contributed by atoms with van der Waals surface area (Å²) >= 11 is 0. The number of fused-ring (bicyclic) bond motifs is 2. The van der Waals surface area contributed by atoms with E-state index in [-0.39, 0.29) is 24.9 Å². The van der Waals surface area contributed by atoms with Gasteiger partial charge in [-0.1, -0.05) is 0 Å². The Kier molecular flexibility index (Phi) is 3.50. The van der Waals surface area contributed by atoms with Crippen molar-refractivity contribution in [3.8, 4) is 17.0 Å². The number of carbonyl (C=O) groups is 1. The van der Waals surface area contributed by atoms with Gasteiger partial charge in [0.05, 0.1) is 11.4 Å². The van der Waals surface area contributed by atoms with E-state index >= 15 is 0 Å². The second kappa shape index (κ2) is 5.35. The smallest absolute Gasteiger partial charge is 0.262 e. The van der Waals surface area contributed by atoms with E-state index in [1.165, 1.54) is 5.56 Å². The van der Waals surface area contributed by atoms with Gasteiger partial charge in [0, 0.05) is 18.0 Å². The normalized spacial score (nSPS) is 13.0. The van der Waals surface area contributed by atoms with Crippen LogP contribution in [0.2, 0.25) is 0 Å². The molecule has 0 bridgehead atoms. The predicted octanol–water partition coefficient (Wildman–Crippen LogP) is 3.06. The SMILES string of the molecule is Cc1ccn2cc(-c3ccc4c(c3)NC(=O)CO4)nc2c1.Cl. The van der Waals surface area contributed by atoms with Gasteiger partial charge >= 0.3 is 0 Å². The number of rotatable bonds is 1. The van der Waals surface area contributed by atoms with Crippen LogP contribution in [0, 0.1) is 6.92 Å². The molecule has 1 amide bonds. The summed E-state index contributed by atoms with van der Waals surface area (Å²) in [7, 11) is 0. The molecule has 3 heterocycles. The minimum atomic E-state index is -0.134. The lowest BCUT2D eigenvalue weighted by atomic mass is 10.1. The molecular formula is C16H14ClN3O2. The van der Waals surface area contributed by atoms with E-state index in [9.17, 15) is 4.79 Å². The Labute approximate surface area is 133 Å². The zero-order valence-corrected chi connectivity index (χ0v) is 12.7.